The Hall–Kier alpha value is -1.10. The number of carbonyl (C=O) groups excluding carboxylic acids is 2. The highest BCUT2D eigenvalue weighted by Crippen LogP contribution is 1.93. The van der Waals surface area contributed by atoms with E-state index in [1.165, 1.54) is 7.11 Å². The monoisotopic (exact) mass is 230 g/mol. The number of hydrogen-bond acceptors (Lipinski definition) is 4. The van der Waals surface area contributed by atoms with Gasteiger partial charge in [-0.2, -0.15) is 0 Å². The molecule has 0 atom stereocenters. The topological polar surface area (TPSA) is 58.6 Å². The van der Waals surface area contributed by atoms with Crippen LogP contribution in [-0.2, 0) is 14.3 Å². The molecule has 0 aliphatic carbocycles. The van der Waals surface area contributed by atoms with Crippen LogP contribution in [0.3, 0.4) is 0 Å². The van der Waals surface area contributed by atoms with E-state index in [9.17, 15) is 9.59 Å². The Kier molecular flexibility index (Phi) is 7.54. The number of rotatable bonds is 7. The molecule has 5 nitrogen and oxygen atoms in total. The zero-order valence-electron chi connectivity index (χ0n) is 10.6. The maximum atomic E-state index is 11.3. The van der Waals surface area contributed by atoms with Crippen LogP contribution in [0.25, 0.3) is 0 Å². The first-order chi connectivity index (χ1) is 7.45. The van der Waals surface area contributed by atoms with Crippen LogP contribution < -0.4 is 5.32 Å². The lowest BCUT2D eigenvalue weighted by molar-refractivity contribution is -0.140. The van der Waals surface area contributed by atoms with E-state index >= 15 is 0 Å². The summed E-state index contributed by atoms with van der Waals surface area (Å²) in [6.07, 6.45) is 0.814. The lowest BCUT2D eigenvalue weighted by Crippen LogP contribution is -2.33. The fraction of sp³-hybridized carbons (Fsp3) is 0.818. The van der Waals surface area contributed by atoms with Gasteiger partial charge in [-0.25, -0.2) is 0 Å². The highest BCUT2D eigenvalue weighted by Gasteiger charge is 2.07. The maximum Gasteiger partial charge on any atom is 0.306 e. The Morgan fingerprint density at radius 1 is 1.25 bits per heavy atom. The number of methoxy groups -OCH3 is 1. The number of nitrogens with one attached hydrogen (secondary N) is 1. The van der Waals surface area contributed by atoms with Gasteiger partial charge in [-0.15, -0.1) is 0 Å². The highest BCUT2D eigenvalue weighted by molar-refractivity contribution is 5.76. The smallest absolute Gasteiger partial charge is 0.306 e. The fourth-order valence-corrected chi connectivity index (χ4v) is 1.18. The van der Waals surface area contributed by atoms with Crippen molar-refractivity contribution in [2.45, 2.75) is 32.7 Å². The number of esters is 1. The fourth-order valence-electron chi connectivity index (χ4n) is 1.18. The van der Waals surface area contributed by atoms with Crippen LogP contribution in [0.1, 0.15) is 26.7 Å². The van der Waals surface area contributed by atoms with Crippen molar-refractivity contribution in [2.24, 2.45) is 0 Å². The number of amides is 1. The second-order valence-corrected chi connectivity index (χ2v) is 4.10. The van der Waals surface area contributed by atoms with Crippen LogP contribution in [0, 0.1) is 0 Å². The minimum atomic E-state index is -0.224. The van der Waals surface area contributed by atoms with Crippen LogP contribution >= 0.6 is 0 Å². The summed E-state index contributed by atoms with van der Waals surface area (Å²) in [5.74, 6) is -0.182. The van der Waals surface area contributed by atoms with Crippen LogP contribution in [0.4, 0.5) is 0 Å². The van der Waals surface area contributed by atoms with Crippen LogP contribution in [0.15, 0.2) is 0 Å². The van der Waals surface area contributed by atoms with Crippen molar-refractivity contribution in [3.05, 3.63) is 0 Å². The van der Waals surface area contributed by atoms with E-state index in [1.54, 1.807) is 0 Å². The largest absolute Gasteiger partial charge is 0.469 e. The Labute approximate surface area is 97.1 Å². The molecule has 0 aliphatic heterocycles. The normalized spacial score (nSPS) is 10.6. The summed E-state index contributed by atoms with van der Waals surface area (Å²) < 4.78 is 4.53. The molecule has 1 N–H and O–H groups in total. The van der Waals surface area contributed by atoms with Gasteiger partial charge in [0.2, 0.25) is 5.91 Å². The van der Waals surface area contributed by atoms with E-state index in [4.69, 9.17) is 0 Å². The van der Waals surface area contributed by atoms with Crippen molar-refractivity contribution in [2.75, 3.05) is 27.2 Å². The van der Waals surface area contributed by atoms with E-state index in [0.717, 1.165) is 0 Å². The molecule has 0 aromatic heterocycles. The lowest BCUT2D eigenvalue weighted by Gasteiger charge is -2.16. The molecule has 1 amide bonds. The third-order valence-electron chi connectivity index (χ3n) is 2.10. The molecule has 5 heteroatoms. The molecule has 0 saturated carbocycles. The van der Waals surface area contributed by atoms with E-state index in [-0.39, 0.29) is 17.9 Å². The Bertz CT molecular complexity index is 229. The average Bonchev–Trinajstić information content (AvgIpc) is 2.22. The van der Waals surface area contributed by atoms with Crippen LogP contribution in [0.5, 0.6) is 0 Å². The summed E-state index contributed by atoms with van der Waals surface area (Å²) in [7, 11) is 3.25. The minimum Gasteiger partial charge on any atom is -0.469 e. The molecular weight excluding hydrogens is 208 g/mol. The van der Waals surface area contributed by atoms with Gasteiger partial charge in [-0.3, -0.25) is 9.59 Å². The molecule has 94 valence electrons. The van der Waals surface area contributed by atoms with Gasteiger partial charge in [0, 0.05) is 25.6 Å². The number of hydrogen-bond donors (Lipinski definition) is 1. The molecule has 0 radical (unpaired) electrons. The van der Waals surface area contributed by atoms with Gasteiger partial charge in [-0.05, 0) is 20.9 Å². The van der Waals surface area contributed by atoms with E-state index < -0.39 is 0 Å². The molecule has 0 unspecified atom stereocenters. The molecule has 0 aliphatic rings. The molecule has 16 heavy (non-hydrogen) atoms. The van der Waals surface area contributed by atoms with Crippen molar-refractivity contribution < 1.29 is 14.3 Å². The molecule has 0 heterocycles. The van der Waals surface area contributed by atoms with Crippen molar-refractivity contribution in [3.63, 3.8) is 0 Å². The minimum absolute atomic E-state index is 0.0416. The predicted octanol–water partition coefficient (Wildman–Crippen LogP) is 0.396. The average molecular weight is 230 g/mol. The summed E-state index contributed by atoms with van der Waals surface area (Å²) in [5, 5.41) is 2.82. The van der Waals surface area contributed by atoms with E-state index in [1.807, 2.05) is 25.8 Å². The zero-order chi connectivity index (χ0) is 12.6. The van der Waals surface area contributed by atoms with Crippen molar-refractivity contribution in [1.29, 1.82) is 0 Å². The van der Waals surface area contributed by atoms with Crippen LogP contribution in [-0.4, -0.2) is 50.1 Å². The summed E-state index contributed by atoms with van der Waals surface area (Å²) in [4.78, 5) is 24.1. The summed E-state index contributed by atoms with van der Waals surface area (Å²) in [6.45, 7) is 5.12. The van der Waals surface area contributed by atoms with Crippen molar-refractivity contribution >= 4 is 11.9 Å². The van der Waals surface area contributed by atoms with Crippen molar-refractivity contribution in [1.82, 2.24) is 10.2 Å². The third kappa shape index (κ3) is 8.23. The van der Waals surface area contributed by atoms with Gasteiger partial charge in [0.25, 0.3) is 0 Å². The van der Waals surface area contributed by atoms with Crippen molar-refractivity contribution in [3.8, 4) is 0 Å². The van der Waals surface area contributed by atoms with Gasteiger partial charge in [-0.1, -0.05) is 0 Å². The SMILES string of the molecule is COC(=O)CCN(C)CCC(=O)NC(C)C. The lowest BCUT2D eigenvalue weighted by atomic mass is 10.3. The number of nitrogens with zero attached hydrogens (tertiary/aromatic N) is 1. The first-order valence-electron chi connectivity index (χ1n) is 5.50. The maximum absolute atomic E-state index is 11.3. The quantitative estimate of drug-likeness (QED) is 0.643. The van der Waals surface area contributed by atoms with E-state index in [0.29, 0.717) is 25.9 Å². The third-order valence-corrected chi connectivity index (χ3v) is 2.10. The summed E-state index contributed by atoms with van der Waals surface area (Å²) >= 11 is 0. The van der Waals surface area contributed by atoms with Gasteiger partial charge >= 0.3 is 5.97 Å². The number of carbonyl (C=O) groups is 2. The predicted molar refractivity (Wildman–Crippen MR) is 62.0 cm³/mol. The second-order valence-electron chi connectivity index (χ2n) is 4.10. The Morgan fingerprint density at radius 2 is 1.81 bits per heavy atom. The second kappa shape index (κ2) is 8.10. The van der Waals surface area contributed by atoms with Crippen LogP contribution in [0.2, 0.25) is 0 Å². The first kappa shape index (κ1) is 14.9. The molecule has 0 rings (SSSR count). The summed E-state index contributed by atoms with van der Waals surface area (Å²) in [5.41, 5.74) is 0. The van der Waals surface area contributed by atoms with Gasteiger partial charge in [0.15, 0.2) is 0 Å². The molecule has 0 saturated heterocycles. The number of ether oxygens (including phenoxy) is 1. The Balaban J connectivity index is 3.60. The van der Waals surface area contributed by atoms with Gasteiger partial charge in [0.05, 0.1) is 13.5 Å². The molecular formula is C11H22N2O3. The molecule has 0 fully saturated rings. The zero-order valence-corrected chi connectivity index (χ0v) is 10.6. The highest BCUT2D eigenvalue weighted by atomic mass is 16.5. The van der Waals surface area contributed by atoms with Gasteiger partial charge in [0.1, 0.15) is 0 Å². The first-order valence-corrected chi connectivity index (χ1v) is 5.50. The molecule has 0 bridgehead atoms. The van der Waals surface area contributed by atoms with Gasteiger partial charge < -0.3 is 15.0 Å². The van der Waals surface area contributed by atoms with E-state index in [2.05, 4.69) is 10.1 Å². The summed E-state index contributed by atoms with van der Waals surface area (Å²) in [6, 6.07) is 0.174. The molecule has 0 aromatic rings. The molecule has 0 spiro atoms. The molecule has 0 aromatic carbocycles. The Morgan fingerprint density at radius 3 is 2.31 bits per heavy atom. The standard InChI is InChI=1S/C11H22N2O3/c1-9(2)12-10(14)5-7-13(3)8-6-11(15)16-4/h9H,5-8H2,1-4H3,(H,12,14).